The van der Waals surface area contributed by atoms with Crippen LogP contribution in [0.5, 0.6) is 0 Å². The number of carboxylic acids is 1. The predicted octanol–water partition coefficient (Wildman–Crippen LogP) is 3.08. The third-order valence-corrected chi connectivity index (χ3v) is 4.58. The second kappa shape index (κ2) is 7.33. The lowest BCUT2D eigenvalue weighted by Crippen LogP contribution is -2.27. The van der Waals surface area contributed by atoms with Gasteiger partial charge in [0.05, 0.1) is 17.1 Å². The van der Waals surface area contributed by atoms with Crippen LogP contribution >= 0.6 is 0 Å². The summed E-state index contributed by atoms with van der Waals surface area (Å²) in [7, 11) is 1.71. The van der Waals surface area contributed by atoms with Crippen molar-refractivity contribution in [3.8, 4) is 0 Å². The van der Waals surface area contributed by atoms with Gasteiger partial charge in [0.2, 0.25) is 5.91 Å². The molecule has 0 saturated carbocycles. The molecule has 2 heterocycles. The highest BCUT2D eigenvalue weighted by Crippen LogP contribution is 2.29. The van der Waals surface area contributed by atoms with Gasteiger partial charge < -0.3 is 20.7 Å². The number of pyridine rings is 1. The number of nitrogen functional groups attached to an aromatic ring is 1. The van der Waals surface area contributed by atoms with E-state index in [1.165, 1.54) is 6.08 Å². The minimum Gasteiger partial charge on any atom is -0.478 e. The fourth-order valence-electron chi connectivity index (χ4n) is 2.90. The third-order valence-electron chi connectivity index (χ3n) is 4.58. The zero-order valence-corrected chi connectivity index (χ0v) is 15.0. The van der Waals surface area contributed by atoms with E-state index in [1.807, 2.05) is 13.0 Å². The highest BCUT2D eigenvalue weighted by atomic mass is 16.4. The lowest BCUT2D eigenvalue weighted by Gasteiger charge is -2.23. The number of carbonyl (C=O) groups excluding carboxylic acids is 1. The standard InChI is InChI=1S/C20H20N4O3/c1-12(16-11-23-19-14(16)4-3-5-15(19)20(26)27)24(2)18(25)9-7-13-6-8-17(21)22-10-13/h3-12,23H,1-2H3,(H2,21,22)(H,26,27). The number of aromatic amines is 1. The van der Waals surface area contributed by atoms with Crippen LogP contribution in [-0.2, 0) is 4.79 Å². The highest BCUT2D eigenvalue weighted by molar-refractivity contribution is 6.03. The molecule has 0 bridgehead atoms. The van der Waals surface area contributed by atoms with Crippen LogP contribution in [0.4, 0.5) is 5.82 Å². The zero-order valence-electron chi connectivity index (χ0n) is 15.0. The number of para-hydroxylation sites is 1. The topological polar surface area (TPSA) is 112 Å². The molecule has 1 atom stereocenters. The molecule has 0 radical (unpaired) electrons. The summed E-state index contributed by atoms with van der Waals surface area (Å²) in [5, 5.41) is 10.1. The van der Waals surface area contributed by atoms with Crippen molar-refractivity contribution >= 4 is 34.7 Å². The number of nitrogens with one attached hydrogen (secondary N) is 1. The smallest absolute Gasteiger partial charge is 0.337 e. The number of amides is 1. The van der Waals surface area contributed by atoms with E-state index in [-0.39, 0.29) is 17.5 Å². The van der Waals surface area contributed by atoms with Gasteiger partial charge in [0.1, 0.15) is 5.82 Å². The molecular weight excluding hydrogens is 344 g/mol. The first-order valence-electron chi connectivity index (χ1n) is 8.38. The summed E-state index contributed by atoms with van der Waals surface area (Å²) < 4.78 is 0. The minimum atomic E-state index is -0.994. The Morgan fingerprint density at radius 2 is 2.07 bits per heavy atom. The van der Waals surface area contributed by atoms with Gasteiger partial charge in [0, 0.05) is 30.9 Å². The first kappa shape index (κ1) is 18.2. The number of fused-ring (bicyclic) bond motifs is 1. The van der Waals surface area contributed by atoms with Gasteiger partial charge in [-0.25, -0.2) is 9.78 Å². The molecule has 1 amide bonds. The van der Waals surface area contributed by atoms with E-state index in [0.29, 0.717) is 11.3 Å². The SMILES string of the molecule is CC(c1c[nH]c2c(C(=O)O)cccc12)N(C)C(=O)C=Cc1ccc(N)nc1. The molecule has 7 nitrogen and oxygen atoms in total. The number of anilines is 1. The van der Waals surface area contributed by atoms with Crippen LogP contribution < -0.4 is 5.73 Å². The van der Waals surface area contributed by atoms with Gasteiger partial charge in [-0.15, -0.1) is 0 Å². The van der Waals surface area contributed by atoms with Crippen LogP contribution in [0.1, 0.15) is 34.5 Å². The van der Waals surface area contributed by atoms with Gasteiger partial charge in [-0.2, -0.15) is 0 Å². The van der Waals surface area contributed by atoms with Crippen LogP contribution in [0.3, 0.4) is 0 Å². The molecule has 0 spiro atoms. The van der Waals surface area contributed by atoms with E-state index in [1.54, 1.807) is 54.7 Å². The maximum Gasteiger partial charge on any atom is 0.337 e. The molecule has 2 aromatic heterocycles. The molecule has 0 aliphatic carbocycles. The molecule has 0 fully saturated rings. The van der Waals surface area contributed by atoms with Crippen LogP contribution in [0, 0.1) is 0 Å². The van der Waals surface area contributed by atoms with E-state index < -0.39 is 5.97 Å². The van der Waals surface area contributed by atoms with E-state index in [4.69, 9.17) is 5.73 Å². The second-order valence-electron chi connectivity index (χ2n) is 6.25. The van der Waals surface area contributed by atoms with E-state index >= 15 is 0 Å². The first-order chi connectivity index (χ1) is 12.9. The molecule has 3 aromatic rings. The molecule has 3 rings (SSSR count). The van der Waals surface area contributed by atoms with Crippen LogP contribution in [-0.4, -0.2) is 38.9 Å². The molecule has 27 heavy (non-hydrogen) atoms. The predicted molar refractivity (Wildman–Crippen MR) is 104 cm³/mol. The number of nitrogens with two attached hydrogens (primary N) is 1. The number of hydrogen-bond acceptors (Lipinski definition) is 4. The Morgan fingerprint density at radius 3 is 2.74 bits per heavy atom. The Kier molecular flexibility index (Phi) is 4.94. The number of hydrogen-bond donors (Lipinski definition) is 3. The Bertz CT molecular complexity index is 1020. The lowest BCUT2D eigenvalue weighted by atomic mass is 10.0. The van der Waals surface area contributed by atoms with Gasteiger partial charge >= 0.3 is 5.97 Å². The van der Waals surface area contributed by atoms with E-state index in [2.05, 4.69) is 9.97 Å². The summed E-state index contributed by atoms with van der Waals surface area (Å²) in [4.78, 5) is 32.5. The average molecular weight is 364 g/mol. The molecular formula is C20H20N4O3. The van der Waals surface area contributed by atoms with Gasteiger partial charge in [-0.05, 0) is 42.3 Å². The van der Waals surface area contributed by atoms with Crippen molar-refractivity contribution in [1.82, 2.24) is 14.9 Å². The van der Waals surface area contributed by atoms with Gasteiger partial charge in [0.15, 0.2) is 0 Å². The monoisotopic (exact) mass is 364 g/mol. The zero-order chi connectivity index (χ0) is 19.6. The minimum absolute atomic E-state index is 0.178. The quantitative estimate of drug-likeness (QED) is 0.602. The number of benzene rings is 1. The van der Waals surface area contributed by atoms with Gasteiger partial charge in [-0.1, -0.05) is 12.1 Å². The number of rotatable bonds is 5. The van der Waals surface area contributed by atoms with Crippen LogP contribution in [0.15, 0.2) is 48.8 Å². The van der Waals surface area contributed by atoms with Crippen LogP contribution in [0.25, 0.3) is 17.0 Å². The summed E-state index contributed by atoms with van der Waals surface area (Å²) >= 11 is 0. The second-order valence-corrected chi connectivity index (χ2v) is 6.25. The summed E-state index contributed by atoms with van der Waals surface area (Å²) in [5.41, 5.74) is 7.93. The number of aromatic carboxylic acids is 1. The Hall–Kier alpha value is -3.61. The number of carboxylic acid groups (broad SMARTS) is 1. The molecule has 1 unspecified atom stereocenters. The Morgan fingerprint density at radius 1 is 1.30 bits per heavy atom. The maximum absolute atomic E-state index is 12.5. The van der Waals surface area contributed by atoms with Crippen molar-refractivity contribution in [1.29, 1.82) is 0 Å². The van der Waals surface area contributed by atoms with Crippen molar-refractivity contribution in [2.75, 3.05) is 12.8 Å². The van der Waals surface area contributed by atoms with Crippen molar-refractivity contribution in [3.63, 3.8) is 0 Å². The molecule has 138 valence electrons. The molecule has 7 heteroatoms. The summed E-state index contributed by atoms with van der Waals surface area (Å²) in [6, 6.07) is 8.30. The van der Waals surface area contributed by atoms with Gasteiger partial charge in [-0.3, -0.25) is 4.79 Å². The van der Waals surface area contributed by atoms with E-state index in [0.717, 1.165) is 16.5 Å². The summed E-state index contributed by atoms with van der Waals surface area (Å²) in [6.45, 7) is 1.90. The van der Waals surface area contributed by atoms with Crippen molar-refractivity contribution in [3.05, 3.63) is 65.5 Å². The Labute approximate surface area is 156 Å². The number of H-pyrrole nitrogens is 1. The van der Waals surface area contributed by atoms with Crippen molar-refractivity contribution in [2.45, 2.75) is 13.0 Å². The first-order valence-corrected chi connectivity index (χ1v) is 8.38. The molecule has 1 aromatic carbocycles. The molecule has 0 saturated heterocycles. The average Bonchev–Trinajstić information content (AvgIpc) is 3.10. The van der Waals surface area contributed by atoms with Gasteiger partial charge in [0.25, 0.3) is 0 Å². The fraction of sp³-hybridized carbons (Fsp3) is 0.150. The maximum atomic E-state index is 12.5. The highest BCUT2D eigenvalue weighted by Gasteiger charge is 2.20. The largest absolute Gasteiger partial charge is 0.478 e. The van der Waals surface area contributed by atoms with E-state index in [9.17, 15) is 14.7 Å². The fourth-order valence-corrected chi connectivity index (χ4v) is 2.90. The number of carbonyl (C=O) groups is 2. The normalized spacial score (nSPS) is 12.4. The number of aromatic nitrogens is 2. The number of likely N-dealkylation sites (N-methyl/N-ethyl adjacent to an activating group) is 1. The lowest BCUT2D eigenvalue weighted by molar-refractivity contribution is -0.126. The summed E-state index contributed by atoms with van der Waals surface area (Å²) in [5.74, 6) is -0.751. The Balaban J connectivity index is 1.82. The molecule has 4 N–H and O–H groups in total. The summed E-state index contributed by atoms with van der Waals surface area (Å²) in [6.07, 6.45) is 6.49. The van der Waals surface area contributed by atoms with Crippen LogP contribution in [0.2, 0.25) is 0 Å². The third kappa shape index (κ3) is 3.67. The molecule has 0 aliphatic heterocycles. The molecule has 0 aliphatic rings. The van der Waals surface area contributed by atoms with Crippen molar-refractivity contribution < 1.29 is 14.7 Å². The number of nitrogens with zero attached hydrogens (tertiary/aromatic N) is 2. The van der Waals surface area contributed by atoms with Crippen molar-refractivity contribution in [2.24, 2.45) is 0 Å².